The van der Waals surface area contributed by atoms with Crippen LogP contribution in [-0.2, 0) is 4.79 Å². The van der Waals surface area contributed by atoms with Crippen molar-refractivity contribution in [3.8, 4) is 0 Å². The molecule has 1 saturated heterocycles. The van der Waals surface area contributed by atoms with E-state index in [0.717, 1.165) is 31.2 Å². The second-order valence-corrected chi connectivity index (χ2v) is 7.89. The third kappa shape index (κ3) is 3.53. The van der Waals surface area contributed by atoms with Gasteiger partial charge in [-0.25, -0.2) is 4.39 Å². The number of nitrogens with one attached hydrogen (secondary N) is 1. The summed E-state index contributed by atoms with van der Waals surface area (Å²) >= 11 is 0. The van der Waals surface area contributed by atoms with Crippen LogP contribution in [0.2, 0.25) is 0 Å². The molecule has 1 heterocycles. The van der Waals surface area contributed by atoms with E-state index in [1.54, 1.807) is 23.1 Å². The highest BCUT2D eigenvalue weighted by Gasteiger charge is 2.47. The second-order valence-electron chi connectivity index (χ2n) is 7.89. The number of rotatable bonds is 3. The van der Waals surface area contributed by atoms with Crippen LogP contribution >= 0.6 is 0 Å². The number of carbonyl (C=O) groups excluding carboxylic acids is 2. The summed E-state index contributed by atoms with van der Waals surface area (Å²) in [6.07, 6.45) is 4.88. The summed E-state index contributed by atoms with van der Waals surface area (Å²) in [6.45, 7) is 1.83. The number of carbonyl (C=O) groups is 2. The maximum Gasteiger partial charge on any atom is 0.254 e. The minimum absolute atomic E-state index is 0.0916. The van der Waals surface area contributed by atoms with Crippen molar-refractivity contribution in [2.45, 2.75) is 51.1 Å². The first-order chi connectivity index (χ1) is 13.5. The minimum Gasteiger partial charge on any atom is -0.324 e. The molecule has 0 radical (unpaired) electrons. The molecule has 1 aliphatic heterocycles. The lowest BCUT2D eigenvalue weighted by molar-refractivity contribution is -0.120. The van der Waals surface area contributed by atoms with Crippen LogP contribution in [0.3, 0.4) is 0 Å². The van der Waals surface area contributed by atoms with Gasteiger partial charge >= 0.3 is 0 Å². The molecule has 1 saturated carbocycles. The first-order valence-corrected chi connectivity index (χ1v) is 9.99. The highest BCUT2D eigenvalue weighted by atomic mass is 19.1. The largest absolute Gasteiger partial charge is 0.324 e. The van der Waals surface area contributed by atoms with Crippen LogP contribution < -0.4 is 5.32 Å². The first-order valence-electron chi connectivity index (χ1n) is 9.99. The molecule has 28 heavy (non-hydrogen) atoms. The van der Waals surface area contributed by atoms with E-state index in [-0.39, 0.29) is 17.9 Å². The number of anilines is 1. The number of aryl methyl sites for hydroxylation is 1. The Hall–Kier alpha value is -2.69. The summed E-state index contributed by atoms with van der Waals surface area (Å²) in [5.41, 5.74) is 1.87. The first kappa shape index (κ1) is 18.7. The molecule has 0 spiro atoms. The average Bonchev–Trinajstić information content (AvgIpc) is 3.10. The van der Waals surface area contributed by atoms with Gasteiger partial charge in [0.25, 0.3) is 5.91 Å². The van der Waals surface area contributed by atoms with E-state index < -0.39 is 11.9 Å². The molecule has 3 unspecified atom stereocenters. The number of amides is 2. The molecule has 5 heteroatoms. The quantitative estimate of drug-likeness (QED) is 0.849. The number of hydrogen-bond donors (Lipinski definition) is 1. The van der Waals surface area contributed by atoms with Crippen molar-refractivity contribution in [3.05, 3.63) is 65.5 Å². The molecule has 2 aliphatic rings. The summed E-state index contributed by atoms with van der Waals surface area (Å²) in [4.78, 5) is 28.2. The molecule has 1 N–H and O–H groups in total. The maximum absolute atomic E-state index is 13.6. The number of fused-ring (bicyclic) bond motifs is 1. The van der Waals surface area contributed by atoms with Crippen molar-refractivity contribution >= 4 is 17.5 Å². The highest BCUT2D eigenvalue weighted by Crippen LogP contribution is 2.41. The van der Waals surface area contributed by atoms with E-state index in [0.29, 0.717) is 23.6 Å². The molecule has 3 atom stereocenters. The Bertz CT molecular complexity index is 883. The third-order valence-corrected chi connectivity index (χ3v) is 6.10. The third-order valence-electron chi connectivity index (χ3n) is 6.10. The van der Waals surface area contributed by atoms with Gasteiger partial charge in [0.2, 0.25) is 5.91 Å². The Morgan fingerprint density at radius 1 is 1.07 bits per heavy atom. The smallest absolute Gasteiger partial charge is 0.254 e. The molecule has 2 fully saturated rings. The number of halogens is 1. The van der Waals surface area contributed by atoms with Crippen LogP contribution in [0, 0.1) is 18.7 Å². The van der Waals surface area contributed by atoms with Gasteiger partial charge in [0.15, 0.2) is 0 Å². The number of likely N-dealkylation sites (tertiary alicyclic amines) is 1. The van der Waals surface area contributed by atoms with Gasteiger partial charge in [-0.3, -0.25) is 9.59 Å². The van der Waals surface area contributed by atoms with Gasteiger partial charge in [0, 0.05) is 17.3 Å². The van der Waals surface area contributed by atoms with E-state index in [1.807, 2.05) is 25.1 Å². The fraction of sp³-hybridized carbons (Fsp3) is 0.391. The average molecular weight is 380 g/mol. The zero-order chi connectivity index (χ0) is 19.7. The van der Waals surface area contributed by atoms with Gasteiger partial charge in [-0.1, -0.05) is 37.1 Å². The van der Waals surface area contributed by atoms with Crippen LogP contribution in [0.5, 0.6) is 0 Å². The predicted molar refractivity (Wildman–Crippen MR) is 107 cm³/mol. The maximum atomic E-state index is 13.6. The summed E-state index contributed by atoms with van der Waals surface area (Å²) < 4.78 is 13.6. The molecule has 2 aromatic rings. The lowest BCUT2D eigenvalue weighted by atomic mass is 9.84. The zero-order valence-electron chi connectivity index (χ0n) is 16.0. The van der Waals surface area contributed by atoms with Crippen molar-refractivity contribution in [1.29, 1.82) is 0 Å². The Kier molecular flexibility index (Phi) is 5.16. The van der Waals surface area contributed by atoms with Gasteiger partial charge in [-0.15, -0.1) is 0 Å². The van der Waals surface area contributed by atoms with Gasteiger partial charge in [-0.05, 0) is 61.9 Å². The van der Waals surface area contributed by atoms with Crippen LogP contribution in [0.1, 0.15) is 48.0 Å². The fourth-order valence-corrected chi connectivity index (χ4v) is 4.66. The Morgan fingerprint density at radius 2 is 1.82 bits per heavy atom. The Balaban J connectivity index is 1.62. The normalized spacial score (nSPS) is 23.9. The van der Waals surface area contributed by atoms with Gasteiger partial charge < -0.3 is 10.2 Å². The van der Waals surface area contributed by atoms with Crippen molar-refractivity contribution < 1.29 is 14.0 Å². The molecule has 4 rings (SSSR count). The summed E-state index contributed by atoms with van der Waals surface area (Å²) in [5.74, 6) is -0.359. The Labute approximate surface area is 164 Å². The topological polar surface area (TPSA) is 49.4 Å². The molecule has 146 valence electrons. The van der Waals surface area contributed by atoms with E-state index in [2.05, 4.69) is 5.32 Å². The molecule has 2 amide bonds. The minimum atomic E-state index is -0.525. The Morgan fingerprint density at radius 3 is 2.61 bits per heavy atom. The lowest BCUT2D eigenvalue weighted by Crippen LogP contribution is -2.47. The molecule has 0 aromatic heterocycles. The van der Waals surface area contributed by atoms with Crippen molar-refractivity contribution in [1.82, 2.24) is 4.90 Å². The van der Waals surface area contributed by atoms with Gasteiger partial charge in [-0.2, -0.15) is 0 Å². The van der Waals surface area contributed by atoms with Crippen molar-refractivity contribution in [2.75, 3.05) is 5.32 Å². The van der Waals surface area contributed by atoms with Crippen LogP contribution in [0.15, 0.2) is 48.5 Å². The molecular weight excluding hydrogens is 355 g/mol. The van der Waals surface area contributed by atoms with Crippen LogP contribution in [0.25, 0.3) is 0 Å². The van der Waals surface area contributed by atoms with Crippen LogP contribution in [-0.4, -0.2) is 28.8 Å². The predicted octanol–water partition coefficient (Wildman–Crippen LogP) is 4.55. The lowest BCUT2D eigenvalue weighted by Gasteiger charge is -2.33. The number of nitrogens with zero attached hydrogens (tertiary/aromatic N) is 1. The fourth-order valence-electron chi connectivity index (χ4n) is 4.66. The van der Waals surface area contributed by atoms with Gasteiger partial charge in [0.05, 0.1) is 0 Å². The second kappa shape index (κ2) is 7.74. The molecule has 0 bridgehead atoms. The van der Waals surface area contributed by atoms with Crippen LogP contribution in [0.4, 0.5) is 10.1 Å². The number of hydrogen-bond acceptors (Lipinski definition) is 2. The summed E-state index contributed by atoms with van der Waals surface area (Å²) in [7, 11) is 0. The summed E-state index contributed by atoms with van der Waals surface area (Å²) in [6, 6.07) is 13.1. The highest BCUT2D eigenvalue weighted by molar-refractivity contribution is 6.02. The molecular formula is C23H25FN2O2. The SMILES string of the molecule is Cc1ccc(F)cc1NC(=O)C1CC2CCCCC2N1C(=O)c1ccccc1. The van der Waals surface area contributed by atoms with E-state index in [4.69, 9.17) is 0 Å². The van der Waals surface area contributed by atoms with Crippen molar-refractivity contribution in [2.24, 2.45) is 5.92 Å². The monoisotopic (exact) mass is 380 g/mol. The van der Waals surface area contributed by atoms with Gasteiger partial charge in [0.1, 0.15) is 11.9 Å². The van der Waals surface area contributed by atoms with Crippen molar-refractivity contribution in [3.63, 3.8) is 0 Å². The van der Waals surface area contributed by atoms with E-state index >= 15 is 0 Å². The zero-order valence-corrected chi connectivity index (χ0v) is 16.0. The van der Waals surface area contributed by atoms with E-state index in [1.165, 1.54) is 12.1 Å². The molecule has 4 nitrogen and oxygen atoms in total. The van der Waals surface area contributed by atoms with E-state index in [9.17, 15) is 14.0 Å². The molecule has 2 aromatic carbocycles. The summed E-state index contributed by atoms with van der Waals surface area (Å²) in [5, 5.41) is 2.87. The standard InChI is InChI=1S/C23H25FN2O2/c1-15-11-12-18(24)14-19(15)25-22(27)21-13-17-9-5-6-10-20(17)26(21)23(28)16-7-3-2-4-8-16/h2-4,7-8,11-12,14,17,20-21H,5-6,9-10,13H2,1H3,(H,25,27). The molecule has 1 aliphatic carbocycles. The number of benzene rings is 2.